The Morgan fingerprint density at radius 3 is 2.38 bits per heavy atom. The zero-order chi connectivity index (χ0) is 17.9. The number of carbonyl (C=O) groups is 3. The van der Waals surface area contributed by atoms with Crippen LogP contribution >= 0.6 is 0 Å². The maximum absolute atomic E-state index is 11.7. The zero-order valence-electron chi connectivity index (χ0n) is 14.2. The fourth-order valence-corrected chi connectivity index (χ4v) is 1.71. The maximum atomic E-state index is 11.7. The van der Waals surface area contributed by atoms with Crippen molar-refractivity contribution in [1.82, 2.24) is 5.43 Å². The molecule has 2 N–H and O–H groups in total. The van der Waals surface area contributed by atoms with Gasteiger partial charge in [-0.05, 0) is 32.9 Å². The minimum atomic E-state index is -0.536. The van der Waals surface area contributed by atoms with Gasteiger partial charge >= 0.3 is 5.97 Å². The first-order valence-electron chi connectivity index (χ1n) is 7.78. The number of hydrogen-bond acceptors (Lipinski definition) is 5. The Hall–Kier alpha value is -2.70. The molecule has 0 aliphatic heterocycles. The third kappa shape index (κ3) is 7.04. The third-order valence-electron chi connectivity index (χ3n) is 3.26. The van der Waals surface area contributed by atoms with Crippen LogP contribution in [0.3, 0.4) is 0 Å². The van der Waals surface area contributed by atoms with Gasteiger partial charge in [-0.25, -0.2) is 5.43 Å². The molecule has 130 valence electrons. The van der Waals surface area contributed by atoms with E-state index in [9.17, 15) is 14.4 Å². The topological polar surface area (TPSA) is 96.9 Å². The summed E-state index contributed by atoms with van der Waals surface area (Å²) in [6, 6.07) is 9.00. The molecule has 1 unspecified atom stereocenters. The number of amides is 2. The van der Waals surface area contributed by atoms with Crippen molar-refractivity contribution in [3.8, 4) is 0 Å². The number of hydrazone groups is 1. The second kappa shape index (κ2) is 10.1. The van der Waals surface area contributed by atoms with Crippen LogP contribution in [0.1, 0.15) is 33.6 Å². The summed E-state index contributed by atoms with van der Waals surface area (Å²) in [5.41, 5.74) is 3.46. The summed E-state index contributed by atoms with van der Waals surface area (Å²) in [7, 11) is 0. The van der Waals surface area contributed by atoms with Gasteiger partial charge in [-0.15, -0.1) is 0 Å². The van der Waals surface area contributed by atoms with Crippen LogP contribution in [-0.4, -0.2) is 30.1 Å². The molecule has 1 aromatic carbocycles. The van der Waals surface area contributed by atoms with E-state index in [1.807, 2.05) is 18.2 Å². The van der Waals surface area contributed by atoms with Gasteiger partial charge in [-0.1, -0.05) is 18.2 Å². The standard InChI is InChI=1S/C17H23N3O4/c1-4-24-17(23)12(2)13(3)19-20-16(22)11-10-15(21)18-14-8-6-5-7-9-14/h5-9,12H,4,10-11H2,1-3H3,(H,18,21)(H,20,22)/b19-13-. The molecule has 1 aromatic rings. The van der Waals surface area contributed by atoms with Gasteiger partial charge in [0, 0.05) is 24.2 Å². The Morgan fingerprint density at radius 2 is 1.75 bits per heavy atom. The van der Waals surface area contributed by atoms with E-state index in [4.69, 9.17) is 4.74 Å². The lowest BCUT2D eigenvalue weighted by Crippen LogP contribution is -2.26. The van der Waals surface area contributed by atoms with Crippen LogP contribution in [-0.2, 0) is 19.1 Å². The quantitative estimate of drug-likeness (QED) is 0.432. The molecule has 24 heavy (non-hydrogen) atoms. The van der Waals surface area contributed by atoms with Crippen molar-refractivity contribution in [3.05, 3.63) is 30.3 Å². The highest BCUT2D eigenvalue weighted by Gasteiger charge is 2.17. The average molecular weight is 333 g/mol. The Kier molecular flexibility index (Phi) is 8.18. The molecule has 0 fully saturated rings. The zero-order valence-corrected chi connectivity index (χ0v) is 14.2. The van der Waals surface area contributed by atoms with E-state index in [0.717, 1.165) is 0 Å². The van der Waals surface area contributed by atoms with E-state index in [1.54, 1.807) is 32.9 Å². The number of carbonyl (C=O) groups excluding carboxylic acids is 3. The van der Waals surface area contributed by atoms with Gasteiger partial charge in [0.25, 0.3) is 0 Å². The number of rotatable bonds is 8. The summed E-state index contributed by atoms with van der Waals surface area (Å²) in [6.07, 6.45) is 0.0476. The van der Waals surface area contributed by atoms with E-state index >= 15 is 0 Å². The highest BCUT2D eigenvalue weighted by atomic mass is 16.5. The number of esters is 1. The van der Waals surface area contributed by atoms with Crippen LogP contribution in [0.4, 0.5) is 5.69 Å². The van der Waals surface area contributed by atoms with Crippen molar-refractivity contribution >= 4 is 29.2 Å². The van der Waals surface area contributed by atoms with E-state index < -0.39 is 17.8 Å². The molecule has 0 spiro atoms. The van der Waals surface area contributed by atoms with Gasteiger partial charge in [0.2, 0.25) is 11.8 Å². The van der Waals surface area contributed by atoms with Crippen molar-refractivity contribution in [2.75, 3.05) is 11.9 Å². The molecule has 1 rings (SSSR count). The van der Waals surface area contributed by atoms with E-state index in [2.05, 4.69) is 15.8 Å². The number of benzene rings is 1. The van der Waals surface area contributed by atoms with E-state index in [0.29, 0.717) is 18.0 Å². The molecule has 7 heteroatoms. The lowest BCUT2D eigenvalue weighted by Gasteiger charge is -2.10. The van der Waals surface area contributed by atoms with Crippen LogP contribution < -0.4 is 10.7 Å². The largest absolute Gasteiger partial charge is 0.465 e. The minimum Gasteiger partial charge on any atom is -0.465 e. The van der Waals surface area contributed by atoms with Crippen molar-refractivity contribution < 1.29 is 19.1 Å². The van der Waals surface area contributed by atoms with E-state index in [-0.39, 0.29) is 18.7 Å². The molecular weight excluding hydrogens is 310 g/mol. The summed E-state index contributed by atoms with van der Waals surface area (Å²) >= 11 is 0. The molecule has 0 aliphatic rings. The Bertz CT molecular complexity index is 599. The molecule has 0 heterocycles. The second-order valence-electron chi connectivity index (χ2n) is 5.18. The van der Waals surface area contributed by atoms with Gasteiger partial charge in [0.15, 0.2) is 0 Å². The van der Waals surface area contributed by atoms with Gasteiger partial charge in [-0.3, -0.25) is 14.4 Å². The number of nitrogens with one attached hydrogen (secondary N) is 2. The van der Waals surface area contributed by atoms with Gasteiger partial charge < -0.3 is 10.1 Å². The lowest BCUT2D eigenvalue weighted by molar-refractivity contribution is -0.145. The number of anilines is 1. The average Bonchev–Trinajstić information content (AvgIpc) is 2.58. The van der Waals surface area contributed by atoms with Gasteiger partial charge in [0.05, 0.1) is 12.5 Å². The Balaban J connectivity index is 2.36. The molecular formula is C17H23N3O4. The summed E-state index contributed by atoms with van der Waals surface area (Å²) < 4.78 is 4.88. The fraction of sp³-hybridized carbons (Fsp3) is 0.412. The van der Waals surface area contributed by atoms with Crippen LogP contribution in [0, 0.1) is 5.92 Å². The normalized spacial score (nSPS) is 12.2. The van der Waals surface area contributed by atoms with Crippen LogP contribution in [0.2, 0.25) is 0 Å². The van der Waals surface area contributed by atoms with Crippen LogP contribution in [0.15, 0.2) is 35.4 Å². The van der Waals surface area contributed by atoms with Crippen molar-refractivity contribution in [3.63, 3.8) is 0 Å². The van der Waals surface area contributed by atoms with Gasteiger partial charge in [-0.2, -0.15) is 5.10 Å². The smallest absolute Gasteiger partial charge is 0.314 e. The summed E-state index contributed by atoms with van der Waals surface area (Å²) in [5, 5.41) is 6.57. The van der Waals surface area contributed by atoms with Gasteiger partial charge in [0.1, 0.15) is 0 Å². The predicted octanol–water partition coefficient (Wildman–Crippen LogP) is 2.10. The number of para-hydroxylation sites is 1. The molecule has 2 amide bonds. The summed E-state index contributed by atoms with van der Waals surface area (Å²) in [5.74, 6) is -1.58. The Labute approximate surface area is 141 Å². The fourth-order valence-electron chi connectivity index (χ4n) is 1.71. The highest BCUT2D eigenvalue weighted by Crippen LogP contribution is 2.06. The first kappa shape index (κ1) is 19.3. The summed E-state index contributed by atoms with van der Waals surface area (Å²) in [4.78, 5) is 35.0. The van der Waals surface area contributed by atoms with Crippen molar-refractivity contribution in [1.29, 1.82) is 0 Å². The SMILES string of the molecule is CCOC(=O)C(C)/C(C)=N\NC(=O)CCC(=O)Nc1ccccc1. The predicted molar refractivity (Wildman–Crippen MR) is 91.4 cm³/mol. The lowest BCUT2D eigenvalue weighted by atomic mass is 10.1. The van der Waals surface area contributed by atoms with Crippen LogP contribution in [0.25, 0.3) is 0 Å². The first-order chi connectivity index (χ1) is 11.4. The number of hydrogen-bond donors (Lipinski definition) is 2. The maximum Gasteiger partial charge on any atom is 0.314 e. The minimum absolute atomic E-state index is 0.00321. The molecule has 0 radical (unpaired) electrons. The number of nitrogens with zero attached hydrogens (tertiary/aromatic N) is 1. The summed E-state index contributed by atoms with van der Waals surface area (Å²) in [6.45, 7) is 5.29. The molecule has 7 nitrogen and oxygen atoms in total. The molecule has 1 atom stereocenters. The first-order valence-corrected chi connectivity index (χ1v) is 7.78. The van der Waals surface area contributed by atoms with E-state index in [1.165, 1.54) is 0 Å². The number of ether oxygens (including phenoxy) is 1. The van der Waals surface area contributed by atoms with Crippen molar-refractivity contribution in [2.24, 2.45) is 11.0 Å². The molecule has 0 aromatic heterocycles. The monoisotopic (exact) mass is 333 g/mol. The second-order valence-corrected chi connectivity index (χ2v) is 5.18. The molecule has 0 bridgehead atoms. The molecule has 0 saturated heterocycles. The third-order valence-corrected chi connectivity index (χ3v) is 3.26. The molecule has 0 aliphatic carbocycles. The molecule has 0 saturated carbocycles. The highest BCUT2D eigenvalue weighted by molar-refractivity contribution is 6.01. The Morgan fingerprint density at radius 1 is 1.12 bits per heavy atom. The van der Waals surface area contributed by atoms with Crippen molar-refractivity contribution in [2.45, 2.75) is 33.6 Å². The van der Waals surface area contributed by atoms with Crippen LogP contribution in [0.5, 0.6) is 0 Å².